The van der Waals surface area contributed by atoms with Gasteiger partial charge < -0.3 is 10.8 Å². The van der Waals surface area contributed by atoms with Gasteiger partial charge in [-0.3, -0.25) is 4.99 Å². The van der Waals surface area contributed by atoms with Crippen LogP contribution >= 0.6 is 0 Å². The van der Waals surface area contributed by atoms with Gasteiger partial charge in [-0.25, -0.2) is 0 Å². The molecule has 0 saturated heterocycles. The third kappa shape index (κ3) is 6.02. The first-order valence-electron chi connectivity index (χ1n) is 9.21. The third-order valence-electron chi connectivity index (χ3n) is 4.54. The summed E-state index contributed by atoms with van der Waals surface area (Å²) in [4.78, 5) is 4.73. The van der Waals surface area contributed by atoms with Crippen LogP contribution in [0.5, 0.6) is 0 Å². The molecule has 0 amide bonds. The van der Waals surface area contributed by atoms with Gasteiger partial charge in [0, 0.05) is 21.9 Å². The Bertz CT molecular complexity index is 814. The highest BCUT2D eigenvalue weighted by atomic mass is 16.2. The number of aliphatic imine (C=N–C) groups is 1. The molecule has 3 N–H and O–H groups in total. The second-order valence-corrected chi connectivity index (χ2v) is 6.21. The zero-order valence-electron chi connectivity index (χ0n) is 17.1. The van der Waals surface area contributed by atoms with Crippen LogP contribution in [0, 0.1) is 20.8 Å². The third-order valence-corrected chi connectivity index (χ3v) is 4.54. The molecule has 3 heteroatoms. The quantitative estimate of drug-likeness (QED) is 0.769. The van der Waals surface area contributed by atoms with E-state index in [1.165, 1.54) is 34.9 Å². The maximum Gasteiger partial charge on any atom is 0.0512 e. The van der Waals surface area contributed by atoms with E-state index in [1.54, 1.807) is 0 Å². The van der Waals surface area contributed by atoms with E-state index in [0.717, 1.165) is 19.2 Å². The van der Waals surface area contributed by atoms with E-state index in [1.807, 2.05) is 12.3 Å². The Hall–Kier alpha value is -2.49. The van der Waals surface area contributed by atoms with Gasteiger partial charge in [0.25, 0.3) is 0 Å². The Morgan fingerprint density at radius 2 is 1.74 bits per heavy atom. The smallest absolute Gasteiger partial charge is 0.0512 e. The van der Waals surface area contributed by atoms with E-state index >= 15 is 0 Å². The molecule has 3 nitrogen and oxygen atoms in total. The van der Waals surface area contributed by atoms with Crippen molar-refractivity contribution in [3.8, 4) is 0 Å². The Kier molecular flexibility index (Phi) is 10.0. The molecule has 148 valence electrons. The van der Waals surface area contributed by atoms with E-state index in [9.17, 15) is 0 Å². The topological polar surface area (TPSA) is 58.6 Å². The van der Waals surface area contributed by atoms with Crippen LogP contribution in [0.15, 0.2) is 71.4 Å². The predicted octanol–water partition coefficient (Wildman–Crippen LogP) is 5.33. The lowest BCUT2D eigenvalue weighted by atomic mass is 9.84. The van der Waals surface area contributed by atoms with Crippen LogP contribution < -0.4 is 5.73 Å². The SMILES string of the molecule is CN.CO.Cc1cccc(C(C2=CCC=CC=N2)c2cccc(C)c2C)c1.[HH].[HH]. The molecule has 0 bridgehead atoms. The van der Waals surface area contributed by atoms with E-state index in [-0.39, 0.29) is 8.77 Å². The van der Waals surface area contributed by atoms with Crippen LogP contribution in [0.1, 0.15) is 43.0 Å². The summed E-state index contributed by atoms with van der Waals surface area (Å²) in [6.45, 7) is 6.54. The highest BCUT2D eigenvalue weighted by Gasteiger charge is 2.21. The lowest BCUT2D eigenvalue weighted by Crippen LogP contribution is -2.07. The Morgan fingerprint density at radius 1 is 1.04 bits per heavy atom. The average molecular weight is 369 g/mol. The molecule has 1 atom stereocenters. The monoisotopic (exact) mass is 368 g/mol. The number of rotatable bonds is 3. The number of aliphatic hydroxyl groups is 1. The Balaban J connectivity index is 0. The van der Waals surface area contributed by atoms with Crippen molar-refractivity contribution in [1.82, 2.24) is 0 Å². The summed E-state index contributed by atoms with van der Waals surface area (Å²) in [5.74, 6) is 0.186. The summed E-state index contributed by atoms with van der Waals surface area (Å²) < 4.78 is 0. The lowest BCUT2D eigenvalue weighted by Gasteiger charge is -2.22. The number of allylic oxidation sites excluding steroid dienone is 4. The molecule has 0 spiro atoms. The molecule has 3 rings (SSSR count). The second kappa shape index (κ2) is 12.0. The van der Waals surface area contributed by atoms with Crippen molar-refractivity contribution in [2.45, 2.75) is 33.1 Å². The number of aliphatic hydroxyl groups excluding tert-OH is 1. The van der Waals surface area contributed by atoms with Gasteiger partial charge in [-0.2, -0.15) is 0 Å². The molecule has 2 aromatic carbocycles. The van der Waals surface area contributed by atoms with Crippen molar-refractivity contribution in [2.75, 3.05) is 14.2 Å². The summed E-state index contributed by atoms with van der Waals surface area (Å²) in [6, 6.07) is 15.4. The molecule has 27 heavy (non-hydrogen) atoms. The molecule has 0 aromatic heterocycles. The first kappa shape index (κ1) is 22.6. The predicted molar refractivity (Wildman–Crippen MR) is 122 cm³/mol. The van der Waals surface area contributed by atoms with Gasteiger partial charge >= 0.3 is 0 Å². The number of nitrogens with two attached hydrogens (primary N) is 1. The Morgan fingerprint density at radius 3 is 2.44 bits per heavy atom. The van der Waals surface area contributed by atoms with Crippen molar-refractivity contribution in [1.29, 1.82) is 0 Å². The number of benzene rings is 2. The fourth-order valence-corrected chi connectivity index (χ4v) is 3.15. The van der Waals surface area contributed by atoms with Crippen LogP contribution in [-0.2, 0) is 0 Å². The summed E-state index contributed by atoms with van der Waals surface area (Å²) in [5, 5.41) is 7.00. The summed E-state index contributed by atoms with van der Waals surface area (Å²) in [5.41, 5.74) is 12.3. The molecule has 2 aromatic rings. The van der Waals surface area contributed by atoms with Gasteiger partial charge in [0.1, 0.15) is 0 Å². The summed E-state index contributed by atoms with van der Waals surface area (Å²) >= 11 is 0. The summed E-state index contributed by atoms with van der Waals surface area (Å²) in [7, 11) is 2.50. The molecule has 0 fully saturated rings. The van der Waals surface area contributed by atoms with Crippen LogP contribution in [0.2, 0.25) is 0 Å². The van der Waals surface area contributed by atoms with Gasteiger partial charge in [0.2, 0.25) is 0 Å². The number of hydrogen-bond donors (Lipinski definition) is 2. The van der Waals surface area contributed by atoms with Gasteiger partial charge in [0.05, 0.1) is 5.92 Å². The zero-order chi connectivity index (χ0) is 20.2. The molecule has 0 aliphatic carbocycles. The summed E-state index contributed by atoms with van der Waals surface area (Å²) in [6.07, 6.45) is 9.26. The normalized spacial score (nSPS) is 13.4. The molecule has 1 aliphatic rings. The molecule has 1 aliphatic heterocycles. The number of hydrogen-bond acceptors (Lipinski definition) is 3. The van der Waals surface area contributed by atoms with Gasteiger partial charge in [-0.1, -0.05) is 60.2 Å². The molecule has 0 saturated carbocycles. The van der Waals surface area contributed by atoms with Crippen molar-refractivity contribution < 1.29 is 7.96 Å². The first-order chi connectivity index (χ1) is 13.2. The van der Waals surface area contributed by atoms with Crippen molar-refractivity contribution in [3.63, 3.8) is 0 Å². The minimum atomic E-state index is 0. The van der Waals surface area contributed by atoms with Crippen molar-refractivity contribution in [3.05, 3.63) is 94.2 Å². The minimum absolute atomic E-state index is 0. The van der Waals surface area contributed by atoms with Crippen molar-refractivity contribution >= 4 is 6.21 Å². The van der Waals surface area contributed by atoms with Gasteiger partial charge in [-0.15, -0.1) is 0 Å². The first-order valence-corrected chi connectivity index (χ1v) is 9.21. The lowest BCUT2D eigenvalue weighted by molar-refractivity contribution is 0.399. The maximum absolute atomic E-state index is 7.00. The van der Waals surface area contributed by atoms with E-state index in [0.29, 0.717) is 0 Å². The van der Waals surface area contributed by atoms with E-state index < -0.39 is 0 Å². The van der Waals surface area contributed by atoms with Crippen LogP contribution in [0.25, 0.3) is 0 Å². The van der Waals surface area contributed by atoms with Gasteiger partial charge in [-0.05, 0) is 62.6 Å². The Labute approximate surface area is 166 Å². The largest absolute Gasteiger partial charge is 0.400 e. The van der Waals surface area contributed by atoms with Crippen LogP contribution in [-0.4, -0.2) is 25.5 Å². The van der Waals surface area contributed by atoms with Crippen LogP contribution in [0.3, 0.4) is 0 Å². The number of aryl methyl sites for hydroxylation is 2. The van der Waals surface area contributed by atoms with Crippen LogP contribution in [0.4, 0.5) is 0 Å². The molecular weight excluding hydrogens is 332 g/mol. The second-order valence-electron chi connectivity index (χ2n) is 6.21. The minimum Gasteiger partial charge on any atom is -0.400 e. The molecule has 1 heterocycles. The highest BCUT2D eigenvalue weighted by Crippen LogP contribution is 2.36. The fourth-order valence-electron chi connectivity index (χ4n) is 3.15. The van der Waals surface area contributed by atoms with Crippen molar-refractivity contribution in [2.24, 2.45) is 10.7 Å². The average Bonchev–Trinajstić information content (AvgIpc) is 2.98. The maximum atomic E-state index is 7.00. The molecular formula is C24H36N2O. The van der Waals surface area contributed by atoms with E-state index in [4.69, 9.17) is 10.1 Å². The fraction of sp³-hybridized carbons (Fsp3) is 0.292. The highest BCUT2D eigenvalue weighted by molar-refractivity contribution is 5.73. The van der Waals surface area contributed by atoms with Gasteiger partial charge in [0.15, 0.2) is 0 Å². The standard InChI is InChI=1S/C22H23N.CH5N.CH4O.2H2/c1-16-9-7-11-19(15-16)22(21-13-5-4-6-14-23-21)20-12-8-10-17(2)18(20)3;2*1-2;;/h4,6-15,22H,5H2,1-3H3;2H2,1H3;2H,1H3;2*1H. The number of nitrogens with zero attached hydrogens (tertiary/aromatic N) is 1. The molecule has 0 radical (unpaired) electrons. The molecule has 1 unspecified atom stereocenters. The van der Waals surface area contributed by atoms with E-state index in [2.05, 4.69) is 81.1 Å². The zero-order valence-corrected chi connectivity index (χ0v) is 17.1.